The molecule has 0 radical (unpaired) electrons. The van der Waals surface area contributed by atoms with Crippen LogP contribution in [0.25, 0.3) is 5.65 Å². The van der Waals surface area contributed by atoms with E-state index in [1.54, 1.807) is 0 Å². The Morgan fingerprint density at radius 1 is 1.25 bits per heavy atom. The summed E-state index contributed by atoms with van der Waals surface area (Å²) in [5, 5.41) is 0. The van der Waals surface area contributed by atoms with Crippen LogP contribution in [0.2, 0.25) is 0 Å². The van der Waals surface area contributed by atoms with Gasteiger partial charge in [0.15, 0.2) is 0 Å². The van der Waals surface area contributed by atoms with E-state index in [1.165, 1.54) is 0 Å². The van der Waals surface area contributed by atoms with E-state index in [-0.39, 0.29) is 0 Å². The molecule has 2 aromatic rings. The van der Waals surface area contributed by atoms with Crippen LogP contribution >= 0.6 is 0 Å². The Bertz CT molecular complexity index is 387. The van der Waals surface area contributed by atoms with Gasteiger partial charge in [0.05, 0.1) is 0 Å². The standard InChI is InChI=1S/C10H12N2/c1-8(2)9-5-7-12-6-3-4-10(12)11-9/h3-8H,1-2H3. The fourth-order valence-electron chi connectivity index (χ4n) is 1.25. The Hall–Kier alpha value is -1.31. The van der Waals surface area contributed by atoms with Crippen LogP contribution in [0, 0.1) is 0 Å². The summed E-state index contributed by atoms with van der Waals surface area (Å²) in [7, 11) is 0. The zero-order chi connectivity index (χ0) is 8.55. The first-order chi connectivity index (χ1) is 5.77. The maximum absolute atomic E-state index is 4.50. The molecule has 0 amide bonds. The highest BCUT2D eigenvalue weighted by atomic mass is 15.0. The number of hydrogen-bond acceptors (Lipinski definition) is 1. The van der Waals surface area contributed by atoms with Gasteiger partial charge < -0.3 is 4.40 Å². The monoisotopic (exact) mass is 160 g/mol. The van der Waals surface area contributed by atoms with E-state index in [1.807, 2.05) is 22.7 Å². The summed E-state index contributed by atoms with van der Waals surface area (Å²) in [5.41, 5.74) is 2.18. The molecule has 2 heteroatoms. The maximum atomic E-state index is 4.50. The lowest BCUT2D eigenvalue weighted by molar-refractivity contribution is 0.820. The van der Waals surface area contributed by atoms with Gasteiger partial charge in [-0.05, 0) is 24.1 Å². The molecule has 0 spiro atoms. The number of nitrogens with zero attached hydrogens (tertiary/aromatic N) is 2. The van der Waals surface area contributed by atoms with E-state index < -0.39 is 0 Å². The Kier molecular flexibility index (Phi) is 1.61. The molecule has 0 saturated heterocycles. The summed E-state index contributed by atoms with van der Waals surface area (Å²) in [6.07, 6.45) is 4.06. The number of hydrogen-bond donors (Lipinski definition) is 0. The van der Waals surface area contributed by atoms with Crippen molar-refractivity contribution < 1.29 is 0 Å². The molecule has 0 aliphatic rings. The van der Waals surface area contributed by atoms with E-state index in [2.05, 4.69) is 31.1 Å². The van der Waals surface area contributed by atoms with Gasteiger partial charge in [-0.2, -0.15) is 0 Å². The van der Waals surface area contributed by atoms with Crippen LogP contribution in [0.3, 0.4) is 0 Å². The van der Waals surface area contributed by atoms with Gasteiger partial charge in [-0.3, -0.25) is 0 Å². The Morgan fingerprint density at radius 3 is 2.83 bits per heavy atom. The van der Waals surface area contributed by atoms with Crippen LogP contribution in [0.5, 0.6) is 0 Å². The van der Waals surface area contributed by atoms with Crippen molar-refractivity contribution in [3.8, 4) is 0 Å². The van der Waals surface area contributed by atoms with Crippen LogP contribution in [0.4, 0.5) is 0 Å². The zero-order valence-electron chi connectivity index (χ0n) is 7.36. The van der Waals surface area contributed by atoms with Crippen molar-refractivity contribution >= 4 is 5.65 Å². The SMILES string of the molecule is CC(C)c1ccn2cccc2n1. The smallest absolute Gasteiger partial charge is 0.136 e. The van der Waals surface area contributed by atoms with E-state index in [9.17, 15) is 0 Å². The fraction of sp³-hybridized carbons (Fsp3) is 0.300. The fourth-order valence-corrected chi connectivity index (χ4v) is 1.25. The molecule has 0 aromatic carbocycles. The Balaban J connectivity index is 2.60. The molecule has 0 saturated carbocycles. The summed E-state index contributed by atoms with van der Waals surface area (Å²) in [5.74, 6) is 0.505. The largest absolute Gasteiger partial charge is 0.309 e. The molecule has 2 rings (SSSR count). The molecular weight excluding hydrogens is 148 g/mol. The lowest BCUT2D eigenvalue weighted by Gasteiger charge is -2.03. The molecule has 0 atom stereocenters. The maximum Gasteiger partial charge on any atom is 0.136 e. The third-order valence-corrected chi connectivity index (χ3v) is 2.00. The summed E-state index contributed by atoms with van der Waals surface area (Å²) in [4.78, 5) is 4.50. The summed E-state index contributed by atoms with van der Waals surface area (Å²) in [6.45, 7) is 4.31. The van der Waals surface area contributed by atoms with Gasteiger partial charge in [-0.1, -0.05) is 13.8 Å². The highest BCUT2D eigenvalue weighted by Crippen LogP contribution is 2.12. The Morgan fingerprint density at radius 2 is 2.08 bits per heavy atom. The summed E-state index contributed by atoms with van der Waals surface area (Å²) in [6, 6.07) is 6.09. The minimum atomic E-state index is 0.505. The van der Waals surface area contributed by atoms with Crippen molar-refractivity contribution in [1.82, 2.24) is 9.38 Å². The van der Waals surface area contributed by atoms with Crippen molar-refractivity contribution in [3.05, 3.63) is 36.3 Å². The van der Waals surface area contributed by atoms with E-state index in [4.69, 9.17) is 0 Å². The average Bonchev–Trinajstić information content (AvgIpc) is 2.49. The lowest BCUT2D eigenvalue weighted by atomic mass is 10.1. The van der Waals surface area contributed by atoms with Crippen LogP contribution in [0.1, 0.15) is 25.5 Å². The molecule has 62 valence electrons. The molecule has 0 aliphatic heterocycles. The second-order valence-electron chi connectivity index (χ2n) is 3.28. The van der Waals surface area contributed by atoms with Gasteiger partial charge in [-0.15, -0.1) is 0 Å². The third kappa shape index (κ3) is 1.09. The highest BCUT2D eigenvalue weighted by molar-refractivity contribution is 5.39. The minimum Gasteiger partial charge on any atom is -0.309 e. The highest BCUT2D eigenvalue weighted by Gasteiger charge is 2.00. The molecule has 0 N–H and O–H groups in total. The van der Waals surface area contributed by atoms with Crippen LogP contribution in [-0.4, -0.2) is 9.38 Å². The van der Waals surface area contributed by atoms with Crippen molar-refractivity contribution in [1.29, 1.82) is 0 Å². The van der Waals surface area contributed by atoms with Gasteiger partial charge in [-0.25, -0.2) is 4.98 Å². The lowest BCUT2D eigenvalue weighted by Crippen LogP contribution is -1.94. The van der Waals surface area contributed by atoms with Crippen LogP contribution in [-0.2, 0) is 0 Å². The summed E-state index contributed by atoms with van der Waals surface area (Å²) >= 11 is 0. The first-order valence-corrected chi connectivity index (χ1v) is 4.21. The van der Waals surface area contributed by atoms with Crippen LogP contribution < -0.4 is 0 Å². The third-order valence-electron chi connectivity index (χ3n) is 2.00. The van der Waals surface area contributed by atoms with Crippen molar-refractivity contribution in [2.45, 2.75) is 19.8 Å². The zero-order valence-corrected chi connectivity index (χ0v) is 7.36. The van der Waals surface area contributed by atoms with E-state index in [0.29, 0.717) is 5.92 Å². The second kappa shape index (κ2) is 2.63. The number of fused-ring (bicyclic) bond motifs is 1. The minimum absolute atomic E-state index is 0.505. The molecule has 12 heavy (non-hydrogen) atoms. The molecule has 2 aromatic heterocycles. The van der Waals surface area contributed by atoms with Gasteiger partial charge in [0.25, 0.3) is 0 Å². The van der Waals surface area contributed by atoms with Crippen molar-refractivity contribution in [2.24, 2.45) is 0 Å². The molecule has 0 aliphatic carbocycles. The quantitative estimate of drug-likeness (QED) is 0.626. The van der Waals surface area contributed by atoms with Gasteiger partial charge in [0.1, 0.15) is 5.65 Å². The molecule has 0 bridgehead atoms. The molecule has 0 fully saturated rings. The van der Waals surface area contributed by atoms with Crippen LogP contribution in [0.15, 0.2) is 30.6 Å². The topological polar surface area (TPSA) is 17.3 Å². The van der Waals surface area contributed by atoms with Gasteiger partial charge in [0, 0.05) is 18.1 Å². The predicted octanol–water partition coefficient (Wildman–Crippen LogP) is 2.46. The average molecular weight is 160 g/mol. The number of aromatic nitrogens is 2. The first-order valence-electron chi connectivity index (χ1n) is 4.21. The Labute approximate surface area is 71.9 Å². The molecule has 0 unspecified atom stereocenters. The predicted molar refractivity (Wildman–Crippen MR) is 49.3 cm³/mol. The molecular formula is C10H12N2. The van der Waals surface area contributed by atoms with E-state index >= 15 is 0 Å². The van der Waals surface area contributed by atoms with Gasteiger partial charge >= 0.3 is 0 Å². The van der Waals surface area contributed by atoms with E-state index in [0.717, 1.165) is 11.3 Å². The van der Waals surface area contributed by atoms with Crippen molar-refractivity contribution in [2.75, 3.05) is 0 Å². The number of rotatable bonds is 1. The molecule has 2 nitrogen and oxygen atoms in total. The normalized spacial score (nSPS) is 11.2. The van der Waals surface area contributed by atoms with Gasteiger partial charge in [0.2, 0.25) is 0 Å². The summed E-state index contributed by atoms with van der Waals surface area (Å²) < 4.78 is 2.02. The molecule has 2 heterocycles. The second-order valence-corrected chi connectivity index (χ2v) is 3.28. The first kappa shape index (κ1) is 7.35. The van der Waals surface area contributed by atoms with Crippen molar-refractivity contribution in [3.63, 3.8) is 0 Å².